The second-order valence-electron chi connectivity index (χ2n) is 11.9. The van der Waals surface area contributed by atoms with Gasteiger partial charge >= 0.3 is 11.9 Å². The van der Waals surface area contributed by atoms with E-state index in [9.17, 15) is 24.3 Å². The van der Waals surface area contributed by atoms with Crippen molar-refractivity contribution in [3.8, 4) is 0 Å². The Hall–Kier alpha value is -2.80. The lowest BCUT2D eigenvalue weighted by Gasteiger charge is -2.48. The van der Waals surface area contributed by atoms with Gasteiger partial charge in [-0.05, 0) is 81.4 Å². The van der Waals surface area contributed by atoms with Gasteiger partial charge in [-0.2, -0.15) is 0 Å². The van der Waals surface area contributed by atoms with Crippen LogP contribution < -0.4 is 0 Å². The summed E-state index contributed by atoms with van der Waals surface area (Å²) in [5, 5.41) is 12.0. The molecule has 37 heavy (non-hydrogen) atoms. The Labute approximate surface area is 217 Å². The number of esters is 2. The van der Waals surface area contributed by atoms with Gasteiger partial charge in [0.15, 0.2) is 11.6 Å². The van der Waals surface area contributed by atoms with Crippen LogP contribution in [0.1, 0.15) is 59.8 Å². The van der Waals surface area contributed by atoms with Gasteiger partial charge in [-0.25, -0.2) is 4.79 Å². The zero-order chi connectivity index (χ0) is 26.9. The second-order valence-corrected chi connectivity index (χ2v) is 11.9. The molecule has 1 N–H and O–H groups in total. The molecule has 3 aliphatic carbocycles. The predicted octanol–water partition coefficient (Wildman–Crippen LogP) is 3.81. The number of rotatable bonds is 3. The molecule has 0 amide bonds. The molecule has 5 rings (SSSR count). The number of aliphatic hydroxyl groups is 1. The van der Waals surface area contributed by atoms with Crippen molar-refractivity contribution >= 4 is 23.5 Å². The van der Waals surface area contributed by atoms with Crippen molar-refractivity contribution < 1.29 is 33.8 Å². The van der Waals surface area contributed by atoms with E-state index in [1.807, 2.05) is 13.0 Å². The van der Waals surface area contributed by atoms with Crippen LogP contribution in [0.4, 0.5) is 0 Å². The smallest absolute Gasteiger partial charge is 0.334 e. The maximum Gasteiger partial charge on any atom is 0.334 e. The van der Waals surface area contributed by atoms with Gasteiger partial charge in [-0.1, -0.05) is 32.6 Å². The average Bonchev–Trinajstić information content (AvgIpc) is 3.09. The minimum absolute atomic E-state index is 0.0365. The van der Waals surface area contributed by atoms with Gasteiger partial charge in [0, 0.05) is 23.0 Å². The third-order valence-electron chi connectivity index (χ3n) is 9.77. The van der Waals surface area contributed by atoms with E-state index >= 15 is 0 Å². The zero-order valence-electron chi connectivity index (χ0n) is 22.0. The normalized spacial score (nSPS) is 43.2. The highest BCUT2D eigenvalue weighted by molar-refractivity contribution is 6.03. The summed E-state index contributed by atoms with van der Waals surface area (Å²) in [5.74, 6) is -2.17. The molecule has 7 heteroatoms. The average molecular weight is 509 g/mol. The largest absolute Gasteiger partial charge is 0.461 e. The van der Waals surface area contributed by atoms with Crippen LogP contribution >= 0.6 is 0 Å². The van der Waals surface area contributed by atoms with Crippen molar-refractivity contribution in [1.82, 2.24) is 0 Å². The standard InChI is InChI=1S/C30H36O7/c1-15-10-26-23(9-8-20(15)7-6-17(3)31)29(28(34)37-26)13-21-12-22-18(4)27(33)36-25(22)11-16(2)30(21,35)14-24(29)19(5)32/h6-8,14-16,21-23,25-26,35H,4,9-13H2,1-3,5H3. The Balaban J connectivity index is 1.59. The van der Waals surface area contributed by atoms with Gasteiger partial charge in [-0.3, -0.25) is 14.4 Å². The number of hydrogen-bond donors (Lipinski definition) is 1. The fraction of sp³-hybridized carbons (Fsp3) is 0.600. The molecule has 2 saturated heterocycles. The summed E-state index contributed by atoms with van der Waals surface area (Å²) in [6, 6.07) is 0. The molecule has 9 atom stereocenters. The summed E-state index contributed by atoms with van der Waals surface area (Å²) in [6.45, 7) is 10.9. The van der Waals surface area contributed by atoms with Crippen molar-refractivity contribution in [2.24, 2.45) is 35.0 Å². The molecule has 2 aliphatic heterocycles. The molecule has 198 valence electrons. The maximum absolute atomic E-state index is 13.8. The van der Waals surface area contributed by atoms with E-state index in [-0.39, 0.29) is 59.8 Å². The minimum Gasteiger partial charge on any atom is -0.461 e. The monoisotopic (exact) mass is 508 g/mol. The van der Waals surface area contributed by atoms with Crippen LogP contribution in [0, 0.1) is 35.0 Å². The number of ketones is 2. The Kier molecular flexibility index (Phi) is 6.21. The van der Waals surface area contributed by atoms with Crippen molar-refractivity contribution in [3.05, 3.63) is 47.6 Å². The lowest BCUT2D eigenvalue weighted by molar-refractivity contribution is -0.151. The molecule has 2 heterocycles. The molecule has 9 unspecified atom stereocenters. The van der Waals surface area contributed by atoms with Crippen LogP contribution in [0.25, 0.3) is 0 Å². The molecule has 3 fully saturated rings. The van der Waals surface area contributed by atoms with E-state index in [0.29, 0.717) is 36.8 Å². The molecule has 0 aromatic heterocycles. The first-order chi connectivity index (χ1) is 17.4. The van der Waals surface area contributed by atoms with Gasteiger partial charge in [0.1, 0.15) is 17.6 Å². The van der Waals surface area contributed by atoms with E-state index in [2.05, 4.69) is 19.6 Å². The van der Waals surface area contributed by atoms with E-state index in [4.69, 9.17) is 9.47 Å². The topological polar surface area (TPSA) is 107 Å². The number of hydrogen-bond acceptors (Lipinski definition) is 7. The van der Waals surface area contributed by atoms with Crippen molar-refractivity contribution in [2.75, 3.05) is 0 Å². The SMILES string of the molecule is C=C1C(=O)OC2CC(C)C3(O)C=C(C(C)=O)C4(CC3CC12)C(=O)OC1CC(C)C(C=CC(C)=O)=CCC14. The molecular weight excluding hydrogens is 472 g/mol. The number of Topliss-reactive ketones (excluding diaryl/α,β-unsaturated/α-hetero) is 1. The molecule has 0 bridgehead atoms. The number of ether oxygens (including phenoxy) is 2. The van der Waals surface area contributed by atoms with Crippen molar-refractivity contribution in [3.63, 3.8) is 0 Å². The van der Waals surface area contributed by atoms with Crippen molar-refractivity contribution in [1.29, 1.82) is 0 Å². The fourth-order valence-electron chi connectivity index (χ4n) is 7.69. The lowest BCUT2D eigenvalue weighted by atomic mass is 9.54. The molecule has 0 radical (unpaired) electrons. The summed E-state index contributed by atoms with van der Waals surface area (Å²) in [7, 11) is 0. The van der Waals surface area contributed by atoms with Crippen molar-refractivity contribution in [2.45, 2.75) is 77.6 Å². The van der Waals surface area contributed by atoms with E-state index < -0.39 is 23.0 Å². The number of carbonyl (C=O) groups excluding carboxylic acids is 4. The van der Waals surface area contributed by atoms with Crippen LogP contribution in [-0.2, 0) is 28.7 Å². The van der Waals surface area contributed by atoms with Crippen LogP contribution in [0.2, 0.25) is 0 Å². The molecule has 1 saturated carbocycles. The summed E-state index contributed by atoms with van der Waals surface area (Å²) >= 11 is 0. The third kappa shape index (κ3) is 3.89. The first-order valence-electron chi connectivity index (χ1n) is 13.3. The number of carbonyl (C=O) groups is 4. The highest BCUT2D eigenvalue weighted by Gasteiger charge is 2.66. The Bertz CT molecular complexity index is 1170. The van der Waals surface area contributed by atoms with Crippen LogP contribution in [0.15, 0.2) is 47.6 Å². The number of fused-ring (bicyclic) bond motifs is 4. The molecule has 0 aromatic rings. The van der Waals surface area contributed by atoms with Gasteiger partial charge in [0.05, 0.1) is 5.60 Å². The summed E-state index contributed by atoms with van der Waals surface area (Å²) in [5.41, 5.74) is -0.724. The Morgan fingerprint density at radius 3 is 2.51 bits per heavy atom. The van der Waals surface area contributed by atoms with E-state index in [1.165, 1.54) is 13.8 Å². The van der Waals surface area contributed by atoms with Gasteiger partial charge in [0.25, 0.3) is 0 Å². The quantitative estimate of drug-likeness (QED) is 0.456. The van der Waals surface area contributed by atoms with Crippen LogP contribution in [-0.4, -0.2) is 46.4 Å². The first-order valence-corrected chi connectivity index (χ1v) is 13.3. The first kappa shape index (κ1) is 25.8. The molecular formula is C30H36O7. The van der Waals surface area contributed by atoms with Gasteiger partial charge in [-0.15, -0.1) is 0 Å². The summed E-state index contributed by atoms with van der Waals surface area (Å²) in [6.07, 6.45) is 8.64. The fourth-order valence-corrected chi connectivity index (χ4v) is 7.69. The van der Waals surface area contributed by atoms with Gasteiger partial charge in [0.2, 0.25) is 0 Å². The summed E-state index contributed by atoms with van der Waals surface area (Å²) < 4.78 is 11.6. The zero-order valence-corrected chi connectivity index (χ0v) is 22.0. The highest BCUT2D eigenvalue weighted by atomic mass is 16.6. The molecule has 7 nitrogen and oxygen atoms in total. The van der Waals surface area contributed by atoms with Crippen LogP contribution in [0.3, 0.4) is 0 Å². The molecule has 5 aliphatic rings. The predicted molar refractivity (Wildman–Crippen MR) is 135 cm³/mol. The highest BCUT2D eigenvalue weighted by Crippen LogP contribution is 2.61. The maximum atomic E-state index is 13.8. The number of allylic oxidation sites excluding steroid dienone is 4. The molecule has 1 spiro atoms. The minimum atomic E-state index is -1.31. The van der Waals surface area contributed by atoms with Crippen LogP contribution in [0.5, 0.6) is 0 Å². The van der Waals surface area contributed by atoms with E-state index in [1.54, 1.807) is 12.2 Å². The van der Waals surface area contributed by atoms with E-state index in [0.717, 1.165) is 5.57 Å². The molecule has 0 aromatic carbocycles. The Morgan fingerprint density at radius 2 is 1.84 bits per heavy atom. The third-order valence-corrected chi connectivity index (χ3v) is 9.77. The lowest BCUT2D eigenvalue weighted by Crippen LogP contribution is -2.53. The van der Waals surface area contributed by atoms with Gasteiger partial charge < -0.3 is 14.6 Å². The second kappa shape index (κ2) is 8.90. The summed E-state index contributed by atoms with van der Waals surface area (Å²) in [4.78, 5) is 50.7. The Morgan fingerprint density at radius 1 is 1.11 bits per heavy atom.